The Balaban J connectivity index is 2.75. The van der Waals surface area contributed by atoms with E-state index >= 15 is 0 Å². The molecule has 0 fully saturated rings. The van der Waals surface area contributed by atoms with Gasteiger partial charge < -0.3 is 10.6 Å². The molecule has 0 aliphatic heterocycles. The molecule has 4 nitrogen and oxygen atoms in total. The number of anilines is 1. The molecule has 0 aliphatic carbocycles. The lowest BCUT2D eigenvalue weighted by atomic mass is 10.1. The summed E-state index contributed by atoms with van der Waals surface area (Å²) in [6, 6.07) is 7.07. The van der Waals surface area contributed by atoms with Crippen molar-refractivity contribution in [2.75, 3.05) is 11.9 Å². The van der Waals surface area contributed by atoms with Gasteiger partial charge in [-0.05, 0) is 31.5 Å². The van der Waals surface area contributed by atoms with Crippen molar-refractivity contribution in [3.63, 3.8) is 0 Å². The summed E-state index contributed by atoms with van der Waals surface area (Å²) < 4.78 is 0. The Bertz CT molecular complexity index is 488. The first-order valence-electron chi connectivity index (χ1n) is 5.74. The average Bonchev–Trinajstić information content (AvgIpc) is 2.38. The van der Waals surface area contributed by atoms with E-state index in [4.69, 9.17) is 5.26 Å². The van der Waals surface area contributed by atoms with Gasteiger partial charge in [0.05, 0.1) is 11.6 Å². The minimum atomic E-state index is -0.363. The summed E-state index contributed by atoms with van der Waals surface area (Å²) in [6.07, 6.45) is 1.63. The van der Waals surface area contributed by atoms with Crippen molar-refractivity contribution in [3.05, 3.63) is 42.0 Å². The molecule has 0 spiro atoms. The van der Waals surface area contributed by atoms with Crippen LogP contribution in [0, 0.1) is 18.3 Å². The molecule has 0 radical (unpaired) electrons. The molecule has 1 rings (SSSR count). The largest absolute Gasteiger partial charge is 0.374 e. The first-order chi connectivity index (χ1) is 8.58. The predicted octanol–water partition coefficient (Wildman–Crippen LogP) is 1.97. The van der Waals surface area contributed by atoms with E-state index in [-0.39, 0.29) is 11.9 Å². The maximum Gasteiger partial charge on any atom is 0.242 e. The van der Waals surface area contributed by atoms with E-state index in [1.165, 1.54) is 0 Å². The molecule has 1 aromatic rings. The number of carbonyl (C=O) groups excluding carboxylic acids is 1. The van der Waals surface area contributed by atoms with Crippen LogP contribution >= 0.6 is 0 Å². The van der Waals surface area contributed by atoms with Crippen molar-refractivity contribution < 1.29 is 4.79 Å². The summed E-state index contributed by atoms with van der Waals surface area (Å²) in [7, 11) is 0. The molecule has 18 heavy (non-hydrogen) atoms. The number of amides is 1. The second-order valence-electron chi connectivity index (χ2n) is 4.04. The average molecular weight is 243 g/mol. The smallest absolute Gasteiger partial charge is 0.242 e. The molecule has 1 aromatic carbocycles. The second-order valence-corrected chi connectivity index (χ2v) is 4.04. The molecule has 0 heterocycles. The molecule has 0 aromatic heterocycles. The molecule has 1 atom stereocenters. The zero-order valence-electron chi connectivity index (χ0n) is 10.7. The van der Waals surface area contributed by atoms with Crippen molar-refractivity contribution in [2.45, 2.75) is 19.9 Å². The maximum atomic E-state index is 11.7. The highest BCUT2D eigenvalue weighted by Crippen LogP contribution is 2.17. The van der Waals surface area contributed by atoms with Gasteiger partial charge in [0.15, 0.2) is 0 Å². The van der Waals surface area contributed by atoms with Gasteiger partial charge in [0.2, 0.25) is 5.91 Å². The van der Waals surface area contributed by atoms with Gasteiger partial charge in [-0.25, -0.2) is 0 Å². The molecule has 0 saturated heterocycles. The van der Waals surface area contributed by atoms with Crippen LogP contribution < -0.4 is 10.6 Å². The van der Waals surface area contributed by atoms with Gasteiger partial charge in [0.1, 0.15) is 6.04 Å². The lowest BCUT2D eigenvalue weighted by molar-refractivity contribution is -0.121. The number of benzene rings is 1. The summed E-state index contributed by atoms with van der Waals surface area (Å²) in [5, 5.41) is 14.7. The Kier molecular flexibility index (Phi) is 4.94. The van der Waals surface area contributed by atoms with E-state index in [0.29, 0.717) is 12.1 Å². The van der Waals surface area contributed by atoms with Gasteiger partial charge in [-0.3, -0.25) is 4.79 Å². The molecule has 2 N–H and O–H groups in total. The first kappa shape index (κ1) is 13.8. The number of nitriles is 1. The van der Waals surface area contributed by atoms with E-state index in [1.807, 2.05) is 13.0 Å². The number of carbonyl (C=O) groups is 1. The quantitative estimate of drug-likeness (QED) is 0.777. The summed E-state index contributed by atoms with van der Waals surface area (Å²) in [6.45, 7) is 7.69. The van der Waals surface area contributed by atoms with Crippen molar-refractivity contribution >= 4 is 11.6 Å². The molecule has 0 saturated carbocycles. The highest BCUT2D eigenvalue weighted by atomic mass is 16.2. The summed E-state index contributed by atoms with van der Waals surface area (Å²) in [5.74, 6) is -0.100. The van der Waals surface area contributed by atoms with E-state index in [0.717, 1.165) is 11.3 Å². The van der Waals surface area contributed by atoms with Crippen LogP contribution in [0.15, 0.2) is 30.9 Å². The lowest BCUT2D eigenvalue weighted by Crippen LogP contribution is -2.37. The highest BCUT2D eigenvalue weighted by molar-refractivity contribution is 5.84. The SMILES string of the molecule is C=CCNC(=O)C(C)Nc1cc(C#N)ccc1C. The van der Waals surface area contributed by atoms with Crippen LogP contribution in [0.4, 0.5) is 5.69 Å². The van der Waals surface area contributed by atoms with E-state index < -0.39 is 0 Å². The van der Waals surface area contributed by atoms with Crippen molar-refractivity contribution in [2.24, 2.45) is 0 Å². The first-order valence-corrected chi connectivity index (χ1v) is 5.74. The Hall–Kier alpha value is -2.28. The van der Waals surface area contributed by atoms with Crippen LogP contribution in [0.5, 0.6) is 0 Å². The molecule has 1 unspecified atom stereocenters. The Morgan fingerprint density at radius 2 is 2.33 bits per heavy atom. The van der Waals surface area contributed by atoms with Crippen LogP contribution in [0.3, 0.4) is 0 Å². The van der Waals surface area contributed by atoms with Gasteiger partial charge in [-0.15, -0.1) is 6.58 Å². The van der Waals surface area contributed by atoms with Gasteiger partial charge in [0, 0.05) is 12.2 Å². The summed E-state index contributed by atoms with van der Waals surface area (Å²) in [4.78, 5) is 11.7. The second kappa shape index (κ2) is 6.45. The van der Waals surface area contributed by atoms with Crippen LogP contribution in [-0.2, 0) is 4.79 Å². The van der Waals surface area contributed by atoms with Crippen LogP contribution in [0.1, 0.15) is 18.1 Å². The third-order valence-corrected chi connectivity index (χ3v) is 2.55. The van der Waals surface area contributed by atoms with Gasteiger partial charge in [0.25, 0.3) is 0 Å². The van der Waals surface area contributed by atoms with Crippen LogP contribution in [0.2, 0.25) is 0 Å². The Labute approximate surface area is 107 Å². The third kappa shape index (κ3) is 3.63. The van der Waals surface area contributed by atoms with Gasteiger partial charge in [-0.2, -0.15) is 5.26 Å². The zero-order chi connectivity index (χ0) is 13.5. The zero-order valence-corrected chi connectivity index (χ0v) is 10.7. The number of hydrogen-bond acceptors (Lipinski definition) is 3. The highest BCUT2D eigenvalue weighted by Gasteiger charge is 2.12. The summed E-state index contributed by atoms with van der Waals surface area (Å²) >= 11 is 0. The minimum Gasteiger partial charge on any atom is -0.374 e. The minimum absolute atomic E-state index is 0.100. The number of aryl methyl sites for hydroxylation is 1. The van der Waals surface area contributed by atoms with Gasteiger partial charge >= 0.3 is 0 Å². The lowest BCUT2D eigenvalue weighted by Gasteiger charge is -2.16. The van der Waals surface area contributed by atoms with Crippen molar-refractivity contribution in [3.8, 4) is 6.07 Å². The molecule has 4 heteroatoms. The topological polar surface area (TPSA) is 64.9 Å². The molecular weight excluding hydrogens is 226 g/mol. The number of nitrogens with zero attached hydrogens (tertiary/aromatic N) is 1. The fraction of sp³-hybridized carbons (Fsp3) is 0.286. The maximum absolute atomic E-state index is 11.7. The van der Waals surface area contributed by atoms with Crippen molar-refractivity contribution in [1.29, 1.82) is 5.26 Å². The van der Waals surface area contributed by atoms with E-state index in [9.17, 15) is 4.79 Å². The summed E-state index contributed by atoms with van der Waals surface area (Å²) in [5.41, 5.74) is 2.37. The van der Waals surface area contributed by atoms with E-state index in [1.54, 1.807) is 25.1 Å². The Morgan fingerprint density at radius 3 is 2.94 bits per heavy atom. The standard InChI is InChI=1S/C14H17N3O/c1-4-7-16-14(18)11(3)17-13-8-12(9-15)6-5-10(13)2/h4-6,8,11,17H,1,7H2,2-3H3,(H,16,18). The predicted molar refractivity (Wildman–Crippen MR) is 72.2 cm³/mol. The molecule has 0 aliphatic rings. The number of hydrogen-bond donors (Lipinski definition) is 2. The Morgan fingerprint density at radius 1 is 1.61 bits per heavy atom. The molecule has 1 amide bonds. The van der Waals surface area contributed by atoms with Gasteiger partial charge in [-0.1, -0.05) is 12.1 Å². The van der Waals surface area contributed by atoms with Crippen LogP contribution in [-0.4, -0.2) is 18.5 Å². The molecular formula is C14H17N3O. The van der Waals surface area contributed by atoms with Crippen molar-refractivity contribution in [1.82, 2.24) is 5.32 Å². The van der Waals surface area contributed by atoms with E-state index in [2.05, 4.69) is 23.3 Å². The monoisotopic (exact) mass is 243 g/mol. The number of rotatable bonds is 5. The third-order valence-electron chi connectivity index (χ3n) is 2.55. The fourth-order valence-corrected chi connectivity index (χ4v) is 1.47. The van der Waals surface area contributed by atoms with Crippen LogP contribution in [0.25, 0.3) is 0 Å². The molecule has 0 bridgehead atoms. The fourth-order valence-electron chi connectivity index (χ4n) is 1.47. The normalized spacial score (nSPS) is 11.2. The molecule has 94 valence electrons. The number of nitrogens with one attached hydrogen (secondary N) is 2.